The van der Waals surface area contributed by atoms with Crippen LogP contribution in [0.4, 0.5) is 5.69 Å². The molecule has 0 unspecified atom stereocenters. The molecule has 106 valence electrons. The lowest BCUT2D eigenvalue weighted by Crippen LogP contribution is -2.29. The van der Waals surface area contributed by atoms with Gasteiger partial charge in [-0.25, -0.2) is 8.42 Å². The fourth-order valence-electron chi connectivity index (χ4n) is 2.32. The molecule has 3 nitrogen and oxygen atoms in total. The number of piperidine rings is 1. The van der Waals surface area contributed by atoms with Crippen molar-refractivity contribution < 1.29 is 8.42 Å². The van der Waals surface area contributed by atoms with E-state index in [1.54, 1.807) is 19.9 Å². The average Bonchev–Trinajstić information content (AvgIpc) is 2.39. The van der Waals surface area contributed by atoms with Crippen LogP contribution >= 0.6 is 15.9 Å². The molecule has 0 aromatic heterocycles. The molecule has 0 bridgehead atoms. The second kappa shape index (κ2) is 5.83. The average molecular weight is 346 g/mol. The Hall–Kier alpha value is -0.550. The molecule has 0 N–H and O–H groups in total. The van der Waals surface area contributed by atoms with Crippen LogP contribution in [0.25, 0.3) is 0 Å². The van der Waals surface area contributed by atoms with Gasteiger partial charge in [-0.3, -0.25) is 0 Å². The zero-order chi connectivity index (χ0) is 14.0. The molecule has 1 aromatic rings. The van der Waals surface area contributed by atoms with Gasteiger partial charge in [0.05, 0.1) is 10.1 Å². The largest absolute Gasteiger partial charge is 0.372 e. The van der Waals surface area contributed by atoms with Crippen LogP contribution in [0.15, 0.2) is 27.6 Å². The molecule has 0 amide bonds. The van der Waals surface area contributed by atoms with E-state index in [9.17, 15) is 8.42 Å². The number of nitrogens with zero attached hydrogens (tertiary/aromatic N) is 1. The molecule has 1 saturated heterocycles. The Morgan fingerprint density at radius 3 is 2.32 bits per heavy atom. The van der Waals surface area contributed by atoms with Gasteiger partial charge in [0.25, 0.3) is 0 Å². The van der Waals surface area contributed by atoms with Gasteiger partial charge < -0.3 is 4.90 Å². The van der Waals surface area contributed by atoms with E-state index in [0.717, 1.165) is 18.8 Å². The van der Waals surface area contributed by atoms with Gasteiger partial charge >= 0.3 is 0 Å². The standard InChI is InChI=1S/C14H20BrNO2S/c1-11(2)19(17,18)14-7-6-12(10-13(14)15)16-8-4-3-5-9-16/h6-7,10-11H,3-5,8-9H2,1-2H3. The van der Waals surface area contributed by atoms with Gasteiger partial charge in [-0.15, -0.1) is 0 Å². The summed E-state index contributed by atoms with van der Waals surface area (Å²) in [6, 6.07) is 5.58. The molecule has 1 aliphatic rings. The van der Waals surface area contributed by atoms with Gasteiger partial charge in [0, 0.05) is 23.2 Å². The molecule has 19 heavy (non-hydrogen) atoms. The Labute approximate surface area is 124 Å². The summed E-state index contributed by atoms with van der Waals surface area (Å²) in [5, 5.41) is -0.398. The lowest BCUT2D eigenvalue weighted by atomic mass is 10.1. The van der Waals surface area contributed by atoms with Crippen molar-refractivity contribution in [1.82, 2.24) is 0 Å². The quantitative estimate of drug-likeness (QED) is 0.839. The summed E-state index contributed by atoms with van der Waals surface area (Å²) in [6.07, 6.45) is 3.71. The topological polar surface area (TPSA) is 37.4 Å². The maximum atomic E-state index is 12.2. The number of benzene rings is 1. The fraction of sp³-hybridized carbons (Fsp3) is 0.571. The van der Waals surface area contributed by atoms with Crippen molar-refractivity contribution in [1.29, 1.82) is 0 Å². The van der Waals surface area contributed by atoms with Gasteiger partial charge in [-0.1, -0.05) is 0 Å². The highest BCUT2D eigenvalue weighted by atomic mass is 79.9. The van der Waals surface area contributed by atoms with E-state index < -0.39 is 15.1 Å². The second-order valence-electron chi connectivity index (χ2n) is 5.26. The van der Waals surface area contributed by atoms with Gasteiger partial charge in [0.2, 0.25) is 0 Å². The molecule has 1 heterocycles. The van der Waals surface area contributed by atoms with Crippen molar-refractivity contribution in [2.75, 3.05) is 18.0 Å². The van der Waals surface area contributed by atoms with Crippen LogP contribution in [-0.2, 0) is 9.84 Å². The van der Waals surface area contributed by atoms with E-state index in [0.29, 0.717) is 9.37 Å². The minimum Gasteiger partial charge on any atom is -0.372 e. The Balaban J connectivity index is 2.32. The van der Waals surface area contributed by atoms with E-state index in [2.05, 4.69) is 20.8 Å². The molecule has 0 aliphatic carbocycles. The predicted octanol–water partition coefficient (Wildman–Crippen LogP) is 3.62. The number of halogens is 1. The van der Waals surface area contributed by atoms with Gasteiger partial charge in [-0.2, -0.15) is 0 Å². The summed E-state index contributed by atoms with van der Waals surface area (Å²) in [4.78, 5) is 2.71. The Bertz CT molecular complexity index is 549. The molecule has 0 saturated carbocycles. The third-order valence-electron chi connectivity index (χ3n) is 3.56. The van der Waals surface area contributed by atoms with E-state index in [4.69, 9.17) is 0 Å². The molecule has 5 heteroatoms. The zero-order valence-corrected chi connectivity index (χ0v) is 13.8. The summed E-state index contributed by atoms with van der Waals surface area (Å²) in [5.41, 5.74) is 1.11. The number of anilines is 1. The molecule has 2 rings (SSSR count). The third kappa shape index (κ3) is 3.14. The van der Waals surface area contributed by atoms with Crippen LogP contribution in [0.2, 0.25) is 0 Å². The highest BCUT2D eigenvalue weighted by Gasteiger charge is 2.22. The van der Waals surface area contributed by atoms with Crippen molar-refractivity contribution in [3.05, 3.63) is 22.7 Å². The van der Waals surface area contributed by atoms with Crippen molar-refractivity contribution in [2.24, 2.45) is 0 Å². The lowest BCUT2D eigenvalue weighted by molar-refractivity contribution is 0.577. The first-order valence-electron chi connectivity index (χ1n) is 6.71. The summed E-state index contributed by atoms with van der Waals surface area (Å²) in [6.45, 7) is 5.53. The summed E-state index contributed by atoms with van der Waals surface area (Å²) in [5.74, 6) is 0. The maximum Gasteiger partial charge on any atom is 0.181 e. The highest BCUT2D eigenvalue weighted by molar-refractivity contribution is 9.10. The Morgan fingerprint density at radius 2 is 1.79 bits per heavy atom. The highest BCUT2D eigenvalue weighted by Crippen LogP contribution is 2.30. The van der Waals surface area contributed by atoms with Gasteiger partial charge in [-0.05, 0) is 67.2 Å². The molecular weight excluding hydrogens is 326 g/mol. The molecular formula is C14H20BrNO2S. The predicted molar refractivity (Wildman–Crippen MR) is 82.5 cm³/mol. The van der Waals surface area contributed by atoms with Crippen molar-refractivity contribution in [3.63, 3.8) is 0 Å². The third-order valence-corrected chi connectivity index (χ3v) is 6.69. The summed E-state index contributed by atoms with van der Waals surface area (Å²) in [7, 11) is -3.22. The molecule has 1 aliphatic heterocycles. The molecule has 1 aromatic carbocycles. The van der Waals surface area contributed by atoms with Crippen LogP contribution in [-0.4, -0.2) is 26.8 Å². The first kappa shape index (κ1) is 14.9. The van der Waals surface area contributed by atoms with E-state index in [-0.39, 0.29) is 0 Å². The number of rotatable bonds is 3. The number of sulfone groups is 1. The zero-order valence-electron chi connectivity index (χ0n) is 11.4. The van der Waals surface area contributed by atoms with Crippen molar-refractivity contribution in [3.8, 4) is 0 Å². The Morgan fingerprint density at radius 1 is 1.16 bits per heavy atom. The maximum absolute atomic E-state index is 12.2. The van der Waals surface area contributed by atoms with Gasteiger partial charge in [0.1, 0.15) is 0 Å². The van der Waals surface area contributed by atoms with Crippen LogP contribution in [0.1, 0.15) is 33.1 Å². The first-order chi connectivity index (χ1) is 8.93. The fourth-order valence-corrected chi connectivity index (χ4v) is 4.46. The van der Waals surface area contributed by atoms with Crippen LogP contribution in [0.3, 0.4) is 0 Å². The Kier molecular flexibility index (Phi) is 4.56. The monoisotopic (exact) mass is 345 g/mol. The number of hydrogen-bond donors (Lipinski definition) is 0. The van der Waals surface area contributed by atoms with E-state index in [1.807, 2.05) is 12.1 Å². The SMILES string of the molecule is CC(C)S(=O)(=O)c1ccc(N2CCCCC2)cc1Br. The molecule has 0 radical (unpaired) electrons. The molecule has 0 atom stereocenters. The summed E-state index contributed by atoms with van der Waals surface area (Å²) < 4.78 is 25.1. The minimum absolute atomic E-state index is 0.392. The number of hydrogen-bond acceptors (Lipinski definition) is 3. The minimum atomic E-state index is -3.22. The molecule has 1 fully saturated rings. The van der Waals surface area contributed by atoms with Crippen molar-refractivity contribution in [2.45, 2.75) is 43.3 Å². The molecule has 0 spiro atoms. The van der Waals surface area contributed by atoms with Gasteiger partial charge in [0.15, 0.2) is 9.84 Å². The smallest absolute Gasteiger partial charge is 0.181 e. The lowest BCUT2D eigenvalue weighted by Gasteiger charge is -2.29. The van der Waals surface area contributed by atoms with Crippen molar-refractivity contribution >= 4 is 31.5 Å². The van der Waals surface area contributed by atoms with Crippen LogP contribution in [0, 0.1) is 0 Å². The second-order valence-corrected chi connectivity index (χ2v) is 8.58. The summed E-state index contributed by atoms with van der Waals surface area (Å²) >= 11 is 3.41. The van der Waals surface area contributed by atoms with Crippen LogP contribution < -0.4 is 4.90 Å². The first-order valence-corrected chi connectivity index (χ1v) is 9.05. The van der Waals surface area contributed by atoms with E-state index >= 15 is 0 Å². The van der Waals surface area contributed by atoms with Crippen LogP contribution in [0.5, 0.6) is 0 Å². The van der Waals surface area contributed by atoms with E-state index in [1.165, 1.54) is 19.3 Å². The normalized spacial score (nSPS) is 16.9.